The predicted octanol–water partition coefficient (Wildman–Crippen LogP) is 3.22. The highest BCUT2D eigenvalue weighted by Crippen LogP contribution is 2.23. The molecule has 0 spiro atoms. The summed E-state index contributed by atoms with van der Waals surface area (Å²) in [5.74, 6) is 0.841. The topological polar surface area (TPSA) is 55.6 Å². The molecule has 0 bridgehead atoms. The van der Waals surface area contributed by atoms with Gasteiger partial charge in [-0.1, -0.05) is 0 Å². The Morgan fingerprint density at radius 2 is 1.90 bits per heavy atom. The number of nitrogens with one attached hydrogen (secondary N) is 1. The van der Waals surface area contributed by atoms with E-state index in [9.17, 15) is 0 Å². The van der Waals surface area contributed by atoms with Crippen molar-refractivity contribution < 1.29 is 0 Å². The smallest absolute Gasteiger partial charge is 0.130 e. The first-order valence-electron chi connectivity index (χ1n) is 6.89. The summed E-state index contributed by atoms with van der Waals surface area (Å²) in [6, 6.07) is 2.10. The van der Waals surface area contributed by atoms with Crippen molar-refractivity contribution in [2.75, 3.05) is 5.32 Å². The van der Waals surface area contributed by atoms with Crippen molar-refractivity contribution in [3.05, 3.63) is 35.5 Å². The predicted molar refractivity (Wildman–Crippen MR) is 80.8 cm³/mol. The van der Waals surface area contributed by atoms with Crippen LogP contribution in [0.3, 0.4) is 0 Å². The zero-order valence-electron chi connectivity index (χ0n) is 13.1. The lowest BCUT2D eigenvalue weighted by atomic mass is 10.1. The van der Waals surface area contributed by atoms with Crippen LogP contribution in [-0.2, 0) is 5.54 Å². The van der Waals surface area contributed by atoms with Crippen LogP contribution in [0.1, 0.15) is 50.7 Å². The van der Waals surface area contributed by atoms with Gasteiger partial charge in [-0.25, -0.2) is 9.97 Å². The van der Waals surface area contributed by atoms with Crippen molar-refractivity contribution in [2.24, 2.45) is 0 Å². The molecule has 0 radical (unpaired) electrons. The van der Waals surface area contributed by atoms with Gasteiger partial charge in [-0.3, -0.25) is 4.68 Å². The van der Waals surface area contributed by atoms with Crippen LogP contribution < -0.4 is 5.32 Å². The first-order chi connectivity index (χ1) is 9.27. The molecule has 2 aromatic rings. The largest absolute Gasteiger partial charge is 0.363 e. The van der Waals surface area contributed by atoms with Gasteiger partial charge in [0.25, 0.3) is 0 Å². The van der Waals surface area contributed by atoms with E-state index in [-0.39, 0.29) is 11.6 Å². The van der Waals surface area contributed by atoms with Crippen LogP contribution in [0.4, 0.5) is 5.82 Å². The SMILES string of the molecule is Cc1cc(NC(C)c2cn(C(C)(C)C)nc2C)ncn1. The number of anilines is 1. The van der Waals surface area contributed by atoms with E-state index < -0.39 is 0 Å². The summed E-state index contributed by atoms with van der Waals surface area (Å²) in [5, 5.41) is 8.01. The zero-order chi connectivity index (χ0) is 14.9. The molecule has 0 saturated carbocycles. The summed E-state index contributed by atoms with van der Waals surface area (Å²) in [6.45, 7) is 12.6. The summed E-state index contributed by atoms with van der Waals surface area (Å²) in [5.41, 5.74) is 3.19. The average Bonchev–Trinajstić information content (AvgIpc) is 2.71. The van der Waals surface area contributed by atoms with Gasteiger partial charge in [-0.2, -0.15) is 5.10 Å². The van der Waals surface area contributed by atoms with Crippen molar-refractivity contribution in [2.45, 2.75) is 53.1 Å². The minimum absolute atomic E-state index is 0.00572. The molecule has 0 amide bonds. The van der Waals surface area contributed by atoms with Gasteiger partial charge in [-0.05, 0) is 41.5 Å². The van der Waals surface area contributed by atoms with Gasteiger partial charge in [0.15, 0.2) is 0 Å². The van der Waals surface area contributed by atoms with Gasteiger partial charge < -0.3 is 5.32 Å². The first kappa shape index (κ1) is 14.5. The lowest BCUT2D eigenvalue weighted by Crippen LogP contribution is -2.22. The van der Waals surface area contributed by atoms with Crippen LogP contribution >= 0.6 is 0 Å². The summed E-state index contributed by atoms with van der Waals surface area (Å²) < 4.78 is 2.01. The van der Waals surface area contributed by atoms with E-state index in [1.54, 1.807) is 6.33 Å². The maximum absolute atomic E-state index is 4.61. The van der Waals surface area contributed by atoms with Gasteiger partial charge in [-0.15, -0.1) is 0 Å². The van der Waals surface area contributed by atoms with E-state index in [1.807, 2.05) is 24.6 Å². The Hall–Kier alpha value is -1.91. The molecule has 0 aliphatic heterocycles. The molecular weight excluding hydrogens is 250 g/mol. The zero-order valence-corrected chi connectivity index (χ0v) is 13.1. The molecule has 5 heteroatoms. The Morgan fingerprint density at radius 3 is 2.45 bits per heavy atom. The van der Waals surface area contributed by atoms with Gasteiger partial charge in [0, 0.05) is 23.5 Å². The average molecular weight is 273 g/mol. The molecule has 0 aromatic carbocycles. The number of hydrogen-bond acceptors (Lipinski definition) is 4. The summed E-state index contributed by atoms with van der Waals surface area (Å²) in [6.07, 6.45) is 3.69. The quantitative estimate of drug-likeness (QED) is 0.933. The number of rotatable bonds is 3. The van der Waals surface area contributed by atoms with Crippen LogP contribution in [-0.4, -0.2) is 19.7 Å². The number of hydrogen-bond donors (Lipinski definition) is 1. The molecule has 0 aliphatic rings. The van der Waals surface area contributed by atoms with Crippen molar-refractivity contribution in [1.82, 2.24) is 19.7 Å². The minimum atomic E-state index is -0.00572. The van der Waals surface area contributed by atoms with E-state index in [0.717, 1.165) is 17.2 Å². The Kier molecular flexibility index (Phi) is 3.79. The maximum Gasteiger partial charge on any atom is 0.130 e. The van der Waals surface area contributed by atoms with Crippen LogP contribution in [0.2, 0.25) is 0 Å². The molecule has 0 saturated heterocycles. The Balaban J connectivity index is 2.21. The molecular formula is C15H23N5. The Bertz CT molecular complexity index is 595. The van der Waals surface area contributed by atoms with Crippen LogP contribution in [0.25, 0.3) is 0 Å². The van der Waals surface area contributed by atoms with Crippen molar-refractivity contribution in [3.63, 3.8) is 0 Å². The van der Waals surface area contributed by atoms with Gasteiger partial charge in [0.2, 0.25) is 0 Å². The number of aryl methyl sites for hydroxylation is 2. The third kappa shape index (κ3) is 3.15. The minimum Gasteiger partial charge on any atom is -0.363 e. The Labute approximate surface area is 120 Å². The van der Waals surface area contributed by atoms with Gasteiger partial charge >= 0.3 is 0 Å². The fourth-order valence-electron chi connectivity index (χ4n) is 2.08. The molecule has 1 unspecified atom stereocenters. The fourth-order valence-corrected chi connectivity index (χ4v) is 2.08. The third-order valence-corrected chi connectivity index (χ3v) is 3.26. The molecule has 1 atom stereocenters. The highest BCUT2D eigenvalue weighted by molar-refractivity contribution is 5.38. The van der Waals surface area contributed by atoms with E-state index in [2.05, 4.69) is 54.3 Å². The summed E-state index contributed by atoms with van der Waals surface area (Å²) in [7, 11) is 0. The van der Waals surface area contributed by atoms with Crippen LogP contribution in [0.5, 0.6) is 0 Å². The molecule has 2 rings (SSSR count). The molecule has 108 valence electrons. The van der Waals surface area contributed by atoms with Crippen molar-refractivity contribution in [3.8, 4) is 0 Å². The van der Waals surface area contributed by atoms with Crippen LogP contribution in [0, 0.1) is 13.8 Å². The molecule has 1 N–H and O–H groups in total. The lowest BCUT2D eigenvalue weighted by Gasteiger charge is -2.19. The molecule has 2 heterocycles. The lowest BCUT2D eigenvalue weighted by molar-refractivity contribution is 0.354. The van der Waals surface area contributed by atoms with Crippen molar-refractivity contribution in [1.29, 1.82) is 0 Å². The molecule has 0 aliphatic carbocycles. The second-order valence-corrected chi connectivity index (χ2v) is 6.20. The summed E-state index contributed by atoms with van der Waals surface area (Å²) in [4.78, 5) is 8.35. The van der Waals surface area contributed by atoms with E-state index in [4.69, 9.17) is 0 Å². The molecule has 20 heavy (non-hydrogen) atoms. The standard InChI is InChI=1S/C15H23N5/c1-10-7-14(17-9-16-10)18-11(2)13-8-20(15(4,5)6)19-12(13)3/h7-9,11H,1-6H3,(H,16,17,18). The van der Waals surface area contributed by atoms with E-state index in [0.29, 0.717) is 0 Å². The van der Waals surface area contributed by atoms with E-state index in [1.165, 1.54) is 5.56 Å². The second-order valence-electron chi connectivity index (χ2n) is 6.20. The fraction of sp³-hybridized carbons (Fsp3) is 0.533. The summed E-state index contributed by atoms with van der Waals surface area (Å²) >= 11 is 0. The normalized spacial score (nSPS) is 13.3. The Morgan fingerprint density at radius 1 is 1.20 bits per heavy atom. The van der Waals surface area contributed by atoms with Crippen molar-refractivity contribution >= 4 is 5.82 Å². The highest BCUT2D eigenvalue weighted by Gasteiger charge is 2.19. The molecule has 0 fully saturated rings. The van der Waals surface area contributed by atoms with E-state index >= 15 is 0 Å². The highest BCUT2D eigenvalue weighted by atomic mass is 15.3. The molecule has 2 aromatic heterocycles. The number of nitrogens with zero attached hydrogens (tertiary/aromatic N) is 4. The molecule has 5 nitrogen and oxygen atoms in total. The monoisotopic (exact) mass is 273 g/mol. The van der Waals surface area contributed by atoms with Gasteiger partial charge in [0.1, 0.15) is 12.1 Å². The second kappa shape index (κ2) is 5.23. The van der Waals surface area contributed by atoms with Crippen LogP contribution in [0.15, 0.2) is 18.6 Å². The first-order valence-corrected chi connectivity index (χ1v) is 6.89. The third-order valence-electron chi connectivity index (χ3n) is 3.26. The van der Waals surface area contributed by atoms with Gasteiger partial charge in [0.05, 0.1) is 17.3 Å². The maximum atomic E-state index is 4.61. The number of aromatic nitrogens is 4.